The smallest absolute Gasteiger partial charge is 0.120 e. The molecule has 18 heavy (non-hydrogen) atoms. The van der Waals surface area contributed by atoms with Crippen molar-refractivity contribution in [3.05, 3.63) is 29.8 Å². The molecular weight excluding hydrogens is 226 g/mol. The van der Waals surface area contributed by atoms with E-state index in [9.17, 15) is 0 Å². The van der Waals surface area contributed by atoms with Crippen LogP contribution in [-0.2, 0) is 4.74 Å². The Hall–Kier alpha value is -1.06. The average Bonchev–Trinajstić information content (AvgIpc) is 2.39. The van der Waals surface area contributed by atoms with E-state index in [4.69, 9.17) is 15.2 Å². The second kappa shape index (κ2) is 6.21. The van der Waals surface area contributed by atoms with Crippen molar-refractivity contribution < 1.29 is 9.47 Å². The molecule has 1 saturated carbocycles. The lowest BCUT2D eigenvalue weighted by Crippen LogP contribution is -2.29. The molecule has 0 saturated heterocycles. The maximum absolute atomic E-state index is 6.04. The van der Waals surface area contributed by atoms with Crippen molar-refractivity contribution in [2.24, 2.45) is 5.73 Å². The van der Waals surface area contributed by atoms with Crippen molar-refractivity contribution >= 4 is 0 Å². The molecule has 1 fully saturated rings. The van der Waals surface area contributed by atoms with Crippen LogP contribution in [0, 0.1) is 0 Å². The quantitative estimate of drug-likeness (QED) is 0.892. The van der Waals surface area contributed by atoms with E-state index in [0.717, 1.165) is 30.6 Å². The molecule has 2 rings (SSSR count). The monoisotopic (exact) mass is 249 g/mol. The van der Waals surface area contributed by atoms with Gasteiger partial charge in [0.1, 0.15) is 11.9 Å². The highest BCUT2D eigenvalue weighted by atomic mass is 16.5. The Labute approximate surface area is 109 Å². The molecule has 3 nitrogen and oxygen atoms in total. The second-order valence-electron chi connectivity index (χ2n) is 5.13. The van der Waals surface area contributed by atoms with Crippen LogP contribution in [0.4, 0.5) is 0 Å². The molecule has 1 aromatic rings. The highest BCUT2D eigenvalue weighted by Crippen LogP contribution is 2.26. The molecule has 1 aromatic carbocycles. The van der Waals surface area contributed by atoms with Crippen LogP contribution in [-0.4, -0.2) is 19.3 Å². The maximum Gasteiger partial charge on any atom is 0.120 e. The molecule has 2 unspecified atom stereocenters. The first-order valence-corrected chi connectivity index (χ1v) is 6.74. The fraction of sp³-hybridized carbons (Fsp3) is 0.600. The van der Waals surface area contributed by atoms with Crippen LogP contribution >= 0.6 is 0 Å². The number of ether oxygens (including phenoxy) is 2. The first-order chi connectivity index (χ1) is 8.69. The average molecular weight is 249 g/mol. The molecule has 0 spiro atoms. The SMILES string of the molecule is COC1CCCC(Oc2cccc([C@H](C)N)c2)C1. The van der Waals surface area contributed by atoms with Crippen LogP contribution in [0.15, 0.2) is 24.3 Å². The van der Waals surface area contributed by atoms with Crippen molar-refractivity contribution in [3.8, 4) is 5.75 Å². The summed E-state index contributed by atoms with van der Waals surface area (Å²) in [5, 5.41) is 0. The third kappa shape index (κ3) is 3.47. The Balaban J connectivity index is 1.98. The van der Waals surface area contributed by atoms with Gasteiger partial charge in [-0.1, -0.05) is 12.1 Å². The van der Waals surface area contributed by atoms with Gasteiger partial charge >= 0.3 is 0 Å². The fourth-order valence-corrected chi connectivity index (χ4v) is 2.49. The van der Waals surface area contributed by atoms with E-state index in [2.05, 4.69) is 0 Å². The third-order valence-electron chi connectivity index (χ3n) is 3.60. The molecular formula is C15H23NO2. The first kappa shape index (κ1) is 13.4. The molecule has 3 heteroatoms. The van der Waals surface area contributed by atoms with Crippen LogP contribution < -0.4 is 10.5 Å². The normalized spacial score (nSPS) is 25.7. The summed E-state index contributed by atoms with van der Waals surface area (Å²) in [7, 11) is 1.78. The summed E-state index contributed by atoms with van der Waals surface area (Å²) in [6.07, 6.45) is 5.04. The Morgan fingerprint density at radius 3 is 2.78 bits per heavy atom. The van der Waals surface area contributed by atoms with E-state index in [0.29, 0.717) is 6.10 Å². The summed E-state index contributed by atoms with van der Waals surface area (Å²) in [6, 6.07) is 8.14. The Bertz CT molecular complexity index is 379. The Kier molecular flexibility index (Phi) is 4.61. The van der Waals surface area contributed by atoms with Crippen molar-refractivity contribution in [2.75, 3.05) is 7.11 Å². The molecule has 0 aromatic heterocycles. The van der Waals surface area contributed by atoms with Gasteiger partial charge < -0.3 is 15.2 Å². The first-order valence-electron chi connectivity index (χ1n) is 6.74. The van der Waals surface area contributed by atoms with Gasteiger partial charge in [0.15, 0.2) is 0 Å². The van der Waals surface area contributed by atoms with Crippen molar-refractivity contribution in [1.82, 2.24) is 0 Å². The van der Waals surface area contributed by atoms with E-state index in [1.807, 2.05) is 31.2 Å². The molecule has 0 amide bonds. The number of methoxy groups -OCH3 is 1. The van der Waals surface area contributed by atoms with Crippen LogP contribution in [0.2, 0.25) is 0 Å². The zero-order valence-electron chi connectivity index (χ0n) is 11.3. The van der Waals surface area contributed by atoms with Crippen molar-refractivity contribution in [2.45, 2.75) is 50.9 Å². The zero-order chi connectivity index (χ0) is 13.0. The lowest BCUT2D eigenvalue weighted by atomic mass is 9.95. The zero-order valence-corrected chi connectivity index (χ0v) is 11.3. The minimum atomic E-state index is 0.0478. The third-order valence-corrected chi connectivity index (χ3v) is 3.60. The topological polar surface area (TPSA) is 44.5 Å². The van der Waals surface area contributed by atoms with Crippen LogP contribution in [0.25, 0.3) is 0 Å². The number of rotatable bonds is 4. The number of hydrogen-bond acceptors (Lipinski definition) is 3. The molecule has 100 valence electrons. The molecule has 0 aliphatic heterocycles. The molecule has 2 N–H and O–H groups in total. The molecule has 0 heterocycles. The maximum atomic E-state index is 6.04. The summed E-state index contributed by atoms with van der Waals surface area (Å²) in [5.41, 5.74) is 7.00. The van der Waals surface area contributed by atoms with E-state index in [1.54, 1.807) is 7.11 Å². The molecule has 1 aliphatic rings. The van der Waals surface area contributed by atoms with Gasteiger partial charge in [0.25, 0.3) is 0 Å². The molecule has 0 bridgehead atoms. The summed E-state index contributed by atoms with van der Waals surface area (Å²) in [4.78, 5) is 0. The van der Waals surface area contributed by atoms with Gasteiger partial charge in [-0.2, -0.15) is 0 Å². The lowest BCUT2D eigenvalue weighted by molar-refractivity contribution is 0.0209. The van der Waals surface area contributed by atoms with Crippen molar-refractivity contribution in [3.63, 3.8) is 0 Å². The van der Waals surface area contributed by atoms with Gasteiger partial charge in [0.2, 0.25) is 0 Å². The fourth-order valence-electron chi connectivity index (χ4n) is 2.49. The van der Waals surface area contributed by atoms with Crippen LogP contribution in [0.1, 0.15) is 44.2 Å². The van der Waals surface area contributed by atoms with Gasteiger partial charge in [-0.25, -0.2) is 0 Å². The second-order valence-corrected chi connectivity index (χ2v) is 5.13. The van der Waals surface area contributed by atoms with Gasteiger partial charge in [0.05, 0.1) is 6.10 Å². The Morgan fingerprint density at radius 2 is 2.06 bits per heavy atom. The predicted molar refractivity (Wildman–Crippen MR) is 72.7 cm³/mol. The van der Waals surface area contributed by atoms with Crippen LogP contribution in [0.5, 0.6) is 5.75 Å². The molecule has 1 aliphatic carbocycles. The number of nitrogens with two attached hydrogens (primary N) is 1. The van der Waals surface area contributed by atoms with E-state index in [1.165, 1.54) is 6.42 Å². The largest absolute Gasteiger partial charge is 0.490 e. The molecule has 0 radical (unpaired) electrons. The summed E-state index contributed by atoms with van der Waals surface area (Å²) in [6.45, 7) is 1.99. The molecule has 3 atom stereocenters. The van der Waals surface area contributed by atoms with E-state index < -0.39 is 0 Å². The number of benzene rings is 1. The van der Waals surface area contributed by atoms with Crippen LogP contribution in [0.3, 0.4) is 0 Å². The van der Waals surface area contributed by atoms with Gasteiger partial charge in [-0.05, 0) is 43.9 Å². The van der Waals surface area contributed by atoms with Gasteiger partial charge in [-0.15, -0.1) is 0 Å². The van der Waals surface area contributed by atoms with Gasteiger partial charge in [0, 0.05) is 19.6 Å². The minimum Gasteiger partial charge on any atom is -0.490 e. The highest BCUT2D eigenvalue weighted by Gasteiger charge is 2.23. The summed E-state index contributed by atoms with van der Waals surface area (Å²) < 4.78 is 11.5. The minimum absolute atomic E-state index is 0.0478. The standard InChI is InChI=1S/C15H23NO2/c1-11(16)12-5-3-7-14(9-12)18-15-8-4-6-13(10-15)17-2/h3,5,7,9,11,13,15H,4,6,8,10,16H2,1-2H3/t11-,13?,15?/m0/s1. The predicted octanol–water partition coefficient (Wildman–Crippen LogP) is 3.04. The number of hydrogen-bond donors (Lipinski definition) is 1. The van der Waals surface area contributed by atoms with E-state index >= 15 is 0 Å². The summed E-state index contributed by atoms with van der Waals surface area (Å²) in [5.74, 6) is 0.923. The van der Waals surface area contributed by atoms with E-state index in [-0.39, 0.29) is 12.1 Å². The Morgan fingerprint density at radius 1 is 1.28 bits per heavy atom. The van der Waals surface area contributed by atoms with Crippen molar-refractivity contribution in [1.29, 1.82) is 0 Å². The lowest BCUT2D eigenvalue weighted by Gasteiger charge is -2.28. The highest BCUT2D eigenvalue weighted by molar-refractivity contribution is 5.30. The van der Waals surface area contributed by atoms with Gasteiger partial charge in [-0.3, -0.25) is 0 Å². The summed E-state index contributed by atoms with van der Waals surface area (Å²) >= 11 is 0.